The van der Waals surface area contributed by atoms with Crippen LogP contribution in [0.15, 0.2) is 42.5 Å². The molecular formula is C24H23N3O6. The van der Waals surface area contributed by atoms with E-state index in [0.29, 0.717) is 37.2 Å². The van der Waals surface area contributed by atoms with Crippen LogP contribution in [0.4, 0.5) is 5.69 Å². The van der Waals surface area contributed by atoms with Gasteiger partial charge in [-0.25, -0.2) is 0 Å². The fraction of sp³-hybridized carbons (Fsp3) is 0.333. The third-order valence-corrected chi connectivity index (χ3v) is 6.31. The van der Waals surface area contributed by atoms with Gasteiger partial charge in [-0.2, -0.15) is 0 Å². The van der Waals surface area contributed by atoms with Crippen LogP contribution in [0.3, 0.4) is 0 Å². The van der Waals surface area contributed by atoms with Gasteiger partial charge in [-0.05, 0) is 29.8 Å². The zero-order valence-corrected chi connectivity index (χ0v) is 18.1. The van der Waals surface area contributed by atoms with E-state index in [-0.39, 0.29) is 19.0 Å². The molecule has 170 valence electrons. The van der Waals surface area contributed by atoms with Gasteiger partial charge in [0.05, 0.1) is 30.8 Å². The molecule has 0 aromatic heterocycles. The van der Waals surface area contributed by atoms with E-state index in [4.69, 9.17) is 9.47 Å². The molecule has 9 nitrogen and oxygen atoms in total. The number of amides is 4. The van der Waals surface area contributed by atoms with Crippen LogP contribution in [0.2, 0.25) is 0 Å². The number of hydrogen-bond donors (Lipinski definition) is 1. The van der Waals surface area contributed by atoms with E-state index in [2.05, 4.69) is 5.32 Å². The van der Waals surface area contributed by atoms with Crippen LogP contribution in [-0.4, -0.2) is 61.9 Å². The van der Waals surface area contributed by atoms with Crippen LogP contribution < -0.4 is 10.2 Å². The Morgan fingerprint density at radius 3 is 2.36 bits per heavy atom. The first kappa shape index (κ1) is 21.3. The van der Waals surface area contributed by atoms with Crippen molar-refractivity contribution in [3.63, 3.8) is 0 Å². The van der Waals surface area contributed by atoms with Gasteiger partial charge in [-0.1, -0.05) is 18.2 Å². The highest BCUT2D eigenvalue weighted by atomic mass is 16.7. The van der Waals surface area contributed by atoms with Crippen molar-refractivity contribution >= 4 is 29.3 Å². The molecule has 0 bridgehead atoms. The summed E-state index contributed by atoms with van der Waals surface area (Å²) in [7, 11) is 1.75. The minimum atomic E-state index is -1.03. The molecule has 1 N–H and O–H groups in total. The van der Waals surface area contributed by atoms with Crippen molar-refractivity contribution in [3.8, 4) is 0 Å². The monoisotopic (exact) mass is 449 g/mol. The lowest BCUT2D eigenvalue weighted by Crippen LogP contribution is -2.42. The number of hydrogen-bond acceptors (Lipinski definition) is 6. The first-order valence-electron chi connectivity index (χ1n) is 10.8. The fourth-order valence-electron chi connectivity index (χ4n) is 4.57. The quantitative estimate of drug-likeness (QED) is 0.665. The van der Waals surface area contributed by atoms with E-state index >= 15 is 0 Å². The van der Waals surface area contributed by atoms with E-state index < -0.39 is 23.5 Å². The van der Waals surface area contributed by atoms with E-state index in [1.165, 1.54) is 0 Å². The van der Waals surface area contributed by atoms with Gasteiger partial charge in [0.25, 0.3) is 11.8 Å². The fourth-order valence-corrected chi connectivity index (χ4v) is 4.57. The van der Waals surface area contributed by atoms with Gasteiger partial charge < -0.3 is 19.7 Å². The molecular weight excluding hydrogens is 426 g/mol. The highest BCUT2D eigenvalue weighted by Crippen LogP contribution is 2.38. The summed E-state index contributed by atoms with van der Waals surface area (Å²) in [5, 5.41) is 2.76. The van der Waals surface area contributed by atoms with E-state index in [0.717, 1.165) is 21.7 Å². The maximum Gasteiger partial charge on any atom is 0.262 e. The summed E-state index contributed by atoms with van der Waals surface area (Å²) in [6.07, 6.45) is 0.663. The number of anilines is 1. The average molecular weight is 449 g/mol. The number of carbonyl (C=O) groups excluding carboxylic acids is 4. The van der Waals surface area contributed by atoms with Crippen molar-refractivity contribution in [2.75, 3.05) is 38.3 Å². The molecule has 5 rings (SSSR count). The van der Waals surface area contributed by atoms with Gasteiger partial charge in [-0.15, -0.1) is 0 Å². The van der Waals surface area contributed by atoms with Crippen molar-refractivity contribution < 1.29 is 28.7 Å². The molecule has 3 aliphatic heterocycles. The molecule has 33 heavy (non-hydrogen) atoms. The number of fused-ring (bicyclic) bond motifs is 2. The lowest BCUT2D eigenvalue weighted by molar-refractivity contribution is -0.170. The largest absolute Gasteiger partial charge is 0.354 e. The molecule has 0 spiro atoms. The first-order chi connectivity index (χ1) is 15.9. The van der Waals surface area contributed by atoms with Crippen LogP contribution in [0.25, 0.3) is 0 Å². The predicted molar refractivity (Wildman–Crippen MR) is 117 cm³/mol. The lowest BCUT2D eigenvalue weighted by Gasteiger charge is -2.28. The molecule has 0 aliphatic carbocycles. The molecule has 3 heterocycles. The van der Waals surface area contributed by atoms with Crippen LogP contribution in [0.1, 0.15) is 38.3 Å². The Balaban J connectivity index is 1.23. The standard InChI is InChI=1S/C24H23N3O6/c1-26-19-7-6-16(12-15(19)13-21(26)29)24(32-10-11-33-24)8-9-25-20(28)14-27-22(30)17-4-2-3-5-18(17)23(27)31/h2-7,12H,8-11,13-14H2,1H3,(H,25,28). The summed E-state index contributed by atoms with van der Waals surface area (Å²) in [5.41, 5.74) is 3.18. The van der Waals surface area contributed by atoms with Crippen molar-refractivity contribution in [2.24, 2.45) is 0 Å². The van der Waals surface area contributed by atoms with E-state index in [1.807, 2.05) is 18.2 Å². The summed E-state index contributed by atoms with van der Waals surface area (Å²) in [6, 6.07) is 12.2. The average Bonchev–Trinajstić information content (AvgIpc) is 3.47. The predicted octanol–water partition coefficient (Wildman–Crippen LogP) is 1.21. The third kappa shape index (κ3) is 3.59. The van der Waals surface area contributed by atoms with Gasteiger partial charge in [0, 0.05) is 31.3 Å². The maximum absolute atomic E-state index is 12.5. The topological polar surface area (TPSA) is 105 Å². The van der Waals surface area contributed by atoms with Crippen molar-refractivity contribution in [1.29, 1.82) is 0 Å². The number of likely N-dealkylation sites (N-methyl/N-ethyl adjacent to an activating group) is 1. The highest BCUT2D eigenvalue weighted by molar-refractivity contribution is 6.22. The van der Waals surface area contributed by atoms with Crippen LogP contribution >= 0.6 is 0 Å². The molecule has 0 radical (unpaired) electrons. The normalized spacial score (nSPS) is 18.6. The Kier molecular flexibility index (Phi) is 5.22. The second kappa shape index (κ2) is 8.09. The van der Waals surface area contributed by atoms with E-state index in [9.17, 15) is 19.2 Å². The SMILES string of the molecule is CN1C(=O)Cc2cc(C3(CCNC(=O)CN4C(=O)c5ccccc5C4=O)OCCO3)ccc21. The lowest BCUT2D eigenvalue weighted by atomic mass is 9.98. The molecule has 2 aromatic carbocycles. The third-order valence-electron chi connectivity index (χ3n) is 6.31. The van der Waals surface area contributed by atoms with Crippen LogP contribution in [0.5, 0.6) is 0 Å². The van der Waals surface area contributed by atoms with Crippen LogP contribution in [0, 0.1) is 0 Å². The number of benzene rings is 2. The minimum absolute atomic E-state index is 0.0323. The van der Waals surface area contributed by atoms with E-state index in [1.54, 1.807) is 36.2 Å². The molecule has 3 aliphatic rings. The summed E-state index contributed by atoms with van der Waals surface area (Å²) in [6.45, 7) is 0.698. The minimum Gasteiger partial charge on any atom is -0.354 e. The number of nitrogens with one attached hydrogen (secondary N) is 1. The van der Waals surface area contributed by atoms with Crippen molar-refractivity contribution in [3.05, 3.63) is 64.7 Å². The Morgan fingerprint density at radius 2 is 1.70 bits per heavy atom. The number of imide groups is 1. The summed E-state index contributed by atoms with van der Waals surface area (Å²) >= 11 is 0. The van der Waals surface area contributed by atoms with Gasteiger partial charge in [0.15, 0.2) is 5.79 Å². The van der Waals surface area contributed by atoms with Gasteiger partial charge in [0.1, 0.15) is 6.54 Å². The number of rotatable bonds is 6. The molecule has 0 unspecified atom stereocenters. The number of carbonyl (C=O) groups is 4. The second-order valence-electron chi connectivity index (χ2n) is 8.26. The Morgan fingerprint density at radius 1 is 1.03 bits per heavy atom. The highest BCUT2D eigenvalue weighted by Gasteiger charge is 2.40. The molecule has 1 fully saturated rings. The van der Waals surface area contributed by atoms with Crippen molar-refractivity contribution in [1.82, 2.24) is 10.2 Å². The Bertz CT molecular complexity index is 1140. The number of nitrogens with zero attached hydrogens (tertiary/aromatic N) is 2. The summed E-state index contributed by atoms with van der Waals surface area (Å²) < 4.78 is 11.9. The number of ether oxygens (including phenoxy) is 2. The molecule has 9 heteroatoms. The van der Waals surface area contributed by atoms with Gasteiger partial charge in [0.2, 0.25) is 11.8 Å². The van der Waals surface area contributed by atoms with Gasteiger partial charge >= 0.3 is 0 Å². The van der Waals surface area contributed by atoms with Gasteiger partial charge in [-0.3, -0.25) is 24.1 Å². The molecule has 4 amide bonds. The van der Waals surface area contributed by atoms with Crippen molar-refractivity contribution in [2.45, 2.75) is 18.6 Å². The summed E-state index contributed by atoms with van der Waals surface area (Å²) in [5.74, 6) is -2.38. The Hall–Kier alpha value is -3.56. The first-order valence-corrected chi connectivity index (χ1v) is 10.8. The summed E-state index contributed by atoms with van der Waals surface area (Å²) in [4.78, 5) is 52.0. The van der Waals surface area contributed by atoms with Crippen LogP contribution in [-0.2, 0) is 31.3 Å². The maximum atomic E-state index is 12.5. The smallest absolute Gasteiger partial charge is 0.262 e. The zero-order chi connectivity index (χ0) is 23.2. The zero-order valence-electron chi connectivity index (χ0n) is 18.1. The Labute approximate surface area is 190 Å². The molecule has 1 saturated heterocycles. The molecule has 2 aromatic rings. The molecule has 0 saturated carbocycles. The molecule has 0 atom stereocenters. The second-order valence-corrected chi connectivity index (χ2v) is 8.26.